The molecule has 1 aromatic rings. The first-order chi connectivity index (χ1) is 7.63. The highest BCUT2D eigenvalue weighted by atomic mass is 35.5. The van der Waals surface area contributed by atoms with Crippen molar-refractivity contribution in [2.24, 2.45) is 0 Å². The Kier molecular flexibility index (Phi) is 3.19. The minimum atomic E-state index is -0.977. The molecule has 16 heavy (non-hydrogen) atoms. The molecular weight excluding hydrogens is 230 g/mol. The van der Waals surface area contributed by atoms with Crippen LogP contribution in [0.4, 0.5) is 4.79 Å². The van der Waals surface area contributed by atoms with Crippen LogP contribution in [0.3, 0.4) is 0 Å². The third-order valence-corrected chi connectivity index (χ3v) is 2.79. The van der Waals surface area contributed by atoms with Crippen LogP contribution in [-0.4, -0.2) is 23.3 Å². The number of benzene rings is 1. The van der Waals surface area contributed by atoms with Crippen molar-refractivity contribution in [3.63, 3.8) is 0 Å². The SMILES string of the molecule is O=C(O)NC1CC(Oc2ccc(Cl)cc2)C1. The van der Waals surface area contributed by atoms with Crippen molar-refractivity contribution in [2.75, 3.05) is 0 Å². The van der Waals surface area contributed by atoms with Gasteiger partial charge in [-0.05, 0) is 24.3 Å². The Hall–Kier alpha value is -1.42. The van der Waals surface area contributed by atoms with Crippen molar-refractivity contribution in [1.29, 1.82) is 0 Å². The van der Waals surface area contributed by atoms with E-state index in [1.807, 2.05) is 0 Å². The molecule has 1 aliphatic carbocycles. The Bertz CT molecular complexity index is 373. The molecule has 0 saturated heterocycles. The highest BCUT2D eigenvalue weighted by molar-refractivity contribution is 6.30. The molecular formula is C11H12ClNO3. The molecule has 4 nitrogen and oxygen atoms in total. The van der Waals surface area contributed by atoms with Crippen molar-refractivity contribution in [3.8, 4) is 5.75 Å². The van der Waals surface area contributed by atoms with E-state index in [9.17, 15) is 4.79 Å². The van der Waals surface area contributed by atoms with E-state index in [1.165, 1.54) is 0 Å². The zero-order chi connectivity index (χ0) is 11.5. The molecule has 2 N–H and O–H groups in total. The summed E-state index contributed by atoms with van der Waals surface area (Å²) in [6, 6.07) is 7.17. The van der Waals surface area contributed by atoms with Crippen LogP contribution >= 0.6 is 11.6 Å². The zero-order valence-electron chi connectivity index (χ0n) is 8.52. The number of carboxylic acid groups (broad SMARTS) is 1. The molecule has 0 atom stereocenters. The molecule has 0 aliphatic heterocycles. The van der Waals surface area contributed by atoms with Gasteiger partial charge in [0.1, 0.15) is 11.9 Å². The summed E-state index contributed by atoms with van der Waals surface area (Å²) in [7, 11) is 0. The average molecular weight is 242 g/mol. The van der Waals surface area contributed by atoms with E-state index < -0.39 is 6.09 Å². The predicted molar refractivity (Wildman–Crippen MR) is 60.1 cm³/mol. The number of halogens is 1. The lowest BCUT2D eigenvalue weighted by Crippen LogP contribution is -2.48. The van der Waals surface area contributed by atoms with E-state index >= 15 is 0 Å². The first-order valence-electron chi connectivity index (χ1n) is 5.05. The summed E-state index contributed by atoms with van der Waals surface area (Å²) in [5.41, 5.74) is 0. The van der Waals surface area contributed by atoms with Gasteiger partial charge in [0.2, 0.25) is 0 Å². The number of carbonyl (C=O) groups is 1. The van der Waals surface area contributed by atoms with Crippen LogP contribution in [0.2, 0.25) is 5.02 Å². The summed E-state index contributed by atoms with van der Waals surface area (Å²) in [5.74, 6) is 0.767. The second-order valence-electron chi connectivity index (χ2n) is 3.81. The summed E-state index contributed by atoms with van der Waals surface area (Å²) in [6.07, 6.45) is 0.553. The van der Waals surface area contributed by atoms with Gasteiger partial charge in [-0.25, -0.2) is 4.79 Å². The molecule has 0 radical (unpaired) electrons. The third-order valence-electron chi connectivity index (χ3n) is 2.54. The van der Waals surface area contributed by atoms with E-state index in [0.29, 0.717) is 5.02 Å². The molecule has 0 spiro atoms. The molecule has 1 amide bonds. The topological polar surface area (TPSA) is 58.6 Å². The van der Waals surface area contributed by atoms with Crippen LogP contribution in [0.5, 0.6) is 5.75 Å². The lowest BCUT2D eigenvalue weighted by molar-refractivity contribution is 0.0834. The molecule has 0 bridgehead atoms. The van der Waals surface area contributed by atoms with Gasteiger partial charge in [0.15, 0.2) is 0 Å². The molecule has 5 heteroatoms. The Labute approximate surface area is 98.2 Å². The van der Waals surface area contributed by atoms with Crippen LogP contribution in [0, 0.1) is 0 Å². The molecule has 1 aromatic carbocycles. The zero-order valence-corrected chi connectivity index (χ0v) is 9.28. The van der Waals surface area contributed by atoms with Gasteiger partial charge < -0.3 is 15.2 Å². The molecule has 1 aliphatic rings. The van der Waals surface area contributed by atoms with Crippen molar-refractivity contribution in [1.82, 2.24) is 5.32 Å². The Balaban J connectivity index is 1.77. The third kappa shape index (κ3) is 2.79. The van der Waals surface area contributed by atoms with E-state index in [0.717, 1.165) is 18.6 Å². The monoisotopic (exact) mass is 241 g/mol. The van der Waals surface area contributed by atoms with Gasteiger partial charge in [-0.3, -0.25) is 0 Å². The number of amides is 1. The van der Waals surface area contributed by atoms with Crippen molar-refractivity contribution >= 4 is 17.7 Å². The minimum absolute atomic E-state index is 0.0230. The van der Waals surface area contributed by atoms with Gasteiger partial charge in [-0.2, -0.15) is 0 Å². The second kappa shape index (κ2) is 4.61. The largest absolute Gasteiger partial charge is 0.490 e. The van der Waals surface area contributed by atoms with Gasteiger partial charge in [0.05, 0.1) is 0 Å². The number of rotatable bonds is 3. The lowest BCUT2D eigenvalue weighted by Gasteiger charge is -2.34. The van der Waals surface area contributed by atoms with Gasteiger partial charge >= 0.3 is 6.09 Å². The first kappa shape index (κ1) is 11.1. The molecule has 0 heterocycles. The predicted octanol–water partition coefficient (Wildman–Crippen LogP) is 2.52. The fourth-order valence-electron chi connectivity index (χ4n) is 1.66. The molecule has 1 fully saturated rings. The number of nitrogens with one attached hydrogen (secondary N) is 1. The van der Waals surface area contributed by atoms with Crippen LogP contribution in [0.15, 0.2) is 24.3 Å². The standard InChI is InChI=1S/C11H12ClNO3/c12-7-1-3-9(4-2-7)16-10-5-8(6-10)13-11(14)15/h1-4,8,10,13H,5-6H2,(H,14,15). The normalized spacial score (nSPS) is 23.3. The maximum absolute atomic E-state index is 10.3. The van der Waals surface area contributed by atoms with Gasteiger partial charge in [-0.1, -0.05) is 11.6 Å². The summed E-state index contributed by atoms with van der Waals surface area (Å²) >= 11 is 5.75. The molecule has 86 valence electrons. The fraction of sp³-hybridized carbons (Fsp3) is 0.364. The Morgan fingerprint density at radius 2 is 2.00 bits per heavy atom. The summed E-state index contributed by atoms with van der Waals surface area (Å²) in [4.78, 5) is 10.3. The number of hydrogen-bond donors (Lipinski definition) is 2. The van der Waals surface area contributed by atoms with Crippen LogP contribution in [-0.2, 0) is 0 Å². The Morgan fingerprint density at radius 3 is 2.56 bits per heavy atom. The first-order valence-corrected chi connectivity index (χ1v) is 5.43. The molecule has 1 saturated carbocycles. The molecule has 2 rings (SSSR count). The fourth-order valence-corrected chi connectivity index (χ4v) is 1.79. The van der Waals surface area contributed by atoms with E-state index in [1.54, 1.807) is 24.3 Å². The maximum atomic E-state index is 10.3. The second-order valence-corrected chi connectivity index (χ2v) is 4.25. The quantitative estimate of drug-likeness (QED) is 0.855. The van der Waals surface area contributed by atoms with E-state index in [2.05, 4.69) is 5.32 Å². The van der Waals surface area contributed by atoms with Gasteiger partial charge in [0, 0.05) is 23.9 Å². The minimum Gasteiger partial charge on any atom is -0.490 e. The van der Waals surface area contributed by atoms with Crippen LogP contribution in [0.25, 0.3) is 0 Å². The number of ether oxygens (including phenoxy) is 1. The van der Waals surface area contributed by atoms with Crippen molar-refractivity contribution in [2.45, 2.75) is 25.0 Å². The highest BCUT2D eigenvalue weighted by Crippen LogP contribution is 2.26. The Morgan fingerprint density at radius 1 is 1.38 bits per heavy atom. The van der Waals surface area contributed by atoms with Crippen LogP contribution < -0.4 is 10.1 Å². The van der Waals surface area contributed by atoms with Crippen LogP contribution in [0.1, 0.15) is 12.8 Å². The molecule has 0 aromatic heterocycles. The van der Waals surface area contributed by atoms with Gasteiger partial charge in [-0.15, -0.1) is 0 Å². The highest BCUT2D eigenvalue weighted by Gasteiger charge is 2.31. The summed E-state index contributed by atoms with van der Waals surface area (Å²) in [5, 5.41) is 11.6. The van der Waals surface area contributed by atoms with E-state index in [4.69, 9.17) is 21.4 Å². The van der Waals surface area contributed by atoms with Crippen molar-refractivity contribution < 1.29 is 14.6 Å². The maximum Gasteiger partial charge on any atom is 0.404 e. The molecule has 0 unspecified atom stereocenters. The van der Waals surface area contributed by atoms with Gasteiger partial charge in [0.25, 0.3) is 0 Å². The summed E-state index contributed by atoms with van der Waals surface area (Å²) in [6.45, 7) is 0. The van der Waals surface area contributed by atoms with Crippen molar-refractivity contribution in [3.05, 3.63) is 29.3 Å². The number of hydrogen-bond acceptors (Lipinski definition) is 2. The lowest BCUT2D eigenvalue weighted by atomic mass is 9.89. The van der Waals surface area contributed by atoms with E-state index in [-0.39, 0.29) is 12.1 Å². The summed E-state index contributed by atoms with van der Waals surface area (Å²) < 4.78 is 5.63. The smallest absolute Gasteiger partial charge is 0.404 e. The average Bonchev–Trinajstić information content (AvgIpc) is 2.17.